The summed E-state index contributed by atoms with van der Waals surface area (Å²) in [6, 6.07) is 23.7. The molecule has 0 spiro atoms. The van der Waals surface area contributed by atoms with Gasteiger partial charge in [-0.3, -0.25) is 19.2 Å². The normalized spacial score (nSPS) is 11.2. The zero-order valence-corrected chi connectivity index (χ0v) is 49.9. The van der Waals surface area contributed by atoms with E-state index in [-0.39, 0.29) is 72.8 Å². The molecule has 1 radical (unpaired) electrons. The Hall–Kier alpha value is -6.31. The van der Waals surface area contributed by atoms with Crippen LogP contribution in [0, 0.1) is 163 Å². The van der Waals surface area contributed by atoms with E-state index in [0.717, 1.165) is 107 Å². The van der Waals surface area contributed by atoms with Gasteiger partial charge in [0.05, 0.1) is 0 Å². The average molecular weight is 1160 g/mol. The average Bonchev–Trinajstić information content (AvgIpc) is 3.22. The van der Waals surface area contributed by atoms with Crippen LogP contribution in [0.4, 0.5) is 0 Å². The standard InChI is InChI=1S/3C21H24O2.C3H7NO.Dy/c3*1-12-7-14(3)20(15(4)8-12)18(22)11-19(23)21-16(5)9-13(2)10-17(21)6;1-4(2)3-5;/h3*7-11,22H,1-6H3;3H,1-2H3;/q;;;;+3/p-3/b3*18-11-;;. The molecule has 0 saturated heterocycles. The SMILES string of the molecule is CN(C)C=O.Cc1cc(C)c(C(=O)/C=C(\[O-])c2c(C)cc(C)cc2C)c(C)c1.Cc1cc(C)c(C(=O)/C=C(\[O-])c2c(C)cc(C)cc2C)c(C)c1.Cc1cc(C)c(C(=O)/C=C(\[O-])c2c(C)cc(C)cc2C)c(C)c1.[Dy+3]. The summed E-state index contributed by atoms with van der Waals surface area (Å²) in [7, 11) is 3.38. The van der Waals surface area contributed by atoms with Crippen molar-refractivity contribution in [2.75, 3.05) is 14.1 Å². The molecule has 6 aromatic carbocycles. The van der Waals surface area contributed by atoms with Gasteiger partial charge in [-0.15, -0.1) is 0 Å². The summed E-state index contributed by atoms with van der Waals surface area (Å²) in [4.78, 5) is 48.7. The summed E-state index contributed by atoms with van der Waals surface area (Å²) in [6.07, 6.45) is 4.44. The fraction of sp³-hybridized carbons (Fsp3) is 0.303. The fourth-order valence-corrected chi connectivity index (χ4v) is 10.2. The van der Waals surface area contributed by atoms with Crippen molar-refractivity contribution in [3.05, 3.63) is 225 Å². The molecule has 1 amide bonds. The minimum atomic E-state index is -0.218. The number of hydrogen-bond donors (Lipinski definition) is 0. The number of benzene rings is 6. The summed E-state index contributed by atoms with van der Waals surface area (Å²) in [5.74, 6) is -1.31. The zero-order valence-electron chi connectivity index (χ0n) is 47.9. The molecule has 9 heteroatoms. The van der Waals surface area contributed by atoms with Crippen LogP contribution >= 0.6 is 0 Å². The van der Waals surface area contributed by atoms with Gasteiger partial charge >= 0.3 is 38.2 Å². The minimum Gasteiger partial charge on any atom is -0.872 e. The monoisotopic (exact) mass is 1160 g/mol. The first-order valence-electron chi connectivity index (χ1n) is 24.8. The molecule has 0 unspecified atom stereocenters. The van der Waals surface area contributed by atoms with Crippen LogP contribution in [-0.2, 0) is 4.79 Å². The van der Waals surface area contributed by atoms with E-state index >= 15 is 0 Å². The van der Waals surface area contributed by atoms with Crippen molar-refractivity contribution in [1.82, 2.24) is 4.90 Å². The molecule has 6 rings (SSSR count). The molecule has 0 bridgehead atoms. The van der Waals surface area contributed by atoms with Crippen LogP contribution in [0.3, 0.4) is 0 Å². The molecule has 0 aliphatic rings. The number of amides is 1. The van der Waals surface area contributed by atoms with Gasteiger partial charge in [-0.25, -0.2) is 0 Å². The number of rotatable bonds is 10. The summed E-state index contributed by atoms with van der Waals surface area (Å²) in [6.45, 7) is 34.9. The first-order valence-corrected chi connectivity index (χ1v) is 24.8. The first-order chi connectivity index (χ1) is 34.4. The number of carbonyl (C=O) groups excluding carboxylic acids is 4. The van der Waals surface area contributed by atoms with E-state index in [4.69, 9.17) is 0 Å². The molecule has 75 heavy (non-hydrogen) atoms. The minimum absolute atomic E-state index is 0. The van der Waals surface area contributed by atoms with Gasteiger partial charge in [0, 0.05) is 30.8 Å². The molecule has 0 N–H and O–H groups in total. The van der Waals surface area contributed by atoms with E-state index < -0.39 is 0 Å². The second kappa shape index (κ2) is 28.6. The number of nitrogens with zero attached hydrogens (tertiary/aromatic N) is 1. The first kappa shape index (κ1) is 64.8. The van der Waals surface area contributed by atoms with Crippen LogP contribution in [0.5, 0.6) is 0 Å². The Morgan fingerprint density at radius 1 is 0.307 bits per heavy atom. The molecule has 8 nitrogen and oxygen atoms in total. The van der Waals surface area contributed by atoms with Crippen LogP contribution in [0.2, 0.25) is 0 Å². The van der Waals surface area contributed by atoms with Crippen LogP contribution in [-0.4, -0.2) is 42.8 Å². The predicted octanol–water partition coefficient (Wildman–Crippen LogP) is 12.1. The zero-order chi connectivity index (χ0) is 56.2. The van der Waals surface area contributed by atoms with E-state index in [1.54, 1.807) is 14.1 Å². The Bertz CT molecular complexity index is 2750. The van der Waals surface area contributed by atoms with Crippen LogP contribution in [0.25, 0.3) is 17.3 Å². The molecule has 0 aliphatic heterocycles. The van der Waals surface area contributed by atoms with Crippen molar-refractivity contribution < 1.29 is 72.7 Å². The van der Waals surface area contributed by atoms with Gasteiger partial charge in [0.25, 0.3) is 0 Å². The molecule has 0 heterocycles. The topological polar surface area (TPSA) is 141 Å². The van der Waals surface area contributed by atoms with E-state index in [1.165, 1.54) is 23.1 Å². The van der Waals surface area contributed by atoms with Crippen molar-refractivity contribution in [2.45, 2.75) is 125 Å². The molecule has 0 saturated carbocycles. The van der Waals surface area contributed by atoms with Gasteiger partial charge in [0.1, 0.15) is 0 Å². The fourth-order valence-electron chi connectivity index (χ4n) is 10.2. The van der Waals surface area contributed by atoms with E-state index in [2.05, 4.69) is 0 Å². The quantitative estimate of drug-likeness (QED) is 0.0575. The second-order valence-corrected chi connectivity index (χ2v) is 20.3. The Morgan fingerprint density at radius 3 is 0.547 bits per heavy atom. The molecular weight excluding hydrogens is 1080 g/mol. The molecular formula is C66H76DyNO7. The van der Waals surface area contributed by atoms with Gasteiger partial charge in [0.2, 0.25) is 6.41 Å². The van der Waals surface area contributed by atoms with Crippen molar-refractivity contribution >= 4 is 41.0 Å². The maximum Gasteiger partial charge on any atom is 3.00 e. The Labute approximate surface area is 478 Å². The van der Waals surface area contributed by atoms with Gasteiger partial charge in [0.15, 0.2) is 17.3 Å². The number of aryl methyl sites for hydroxylation is 18. The number of allylic oxidation sites excluding steroid dienone is 3. The second-order valence-electron chi connectivity index (χ2n) is 20.3. The Morgan fingerprint density at radius 2 is 0.427 bits per heavy atom. The van der Waals surface area contributed by atoms with Crippen LogP contribution in [0.1, 0.15) is 148 Å². The van der Waals surface area contributed by atoms with Crippen molar-refractivity contribution in [3.63, 3.8) is 0 Å². The maximum absolute atomic E-state index is 12.6. The molecule has 6 aromatic rings. The van der Waals surface area contributed by atoms with Gasteiger partial charge in [-0.1, -0.05) is 123 Å². The predicted molar refractivity (Wildman–Crippen MR) is 301 cm³/mol. The Balaban J connectivity index is 0.000000365. The van der Waals surface area contributed by atoms with E-state index in [0.29, 0.717) is 33.4 Å². The van der Waals surface area contributed by atoms with E-state index in [1.807, 2.05) is 197 Å². The van der Waals surface area contributed by atoms with E-state index in [9.17, 15) is 34.5 Å². The molecule has 0 fully saturated rings. The smallest absolute Gasteiger partial charge is 0.872 e. The molecule has 397 valence electrons. The molecule has 0 atom stereocenters. The summed E-state index contributed by atoms with van der Waals surface area (Å²) in [5, 5.41) is 37.8. The van der Waals surface area contributed by atoms with Crippen LogP contribution in [0.15, 0.2) is 91.0 Å². The Kier molecular flexibility index (Phi) is 24.7. The third-order valence-electron chi connectivity index (χ3n) is 12.5. The number of ketones is 3. The number of hydrogen-bond acceptors (Lipinski definition) is 7. The maximum atomic E-state index is 12.6. The van der Waals surface area contributed by atoms with Crippen molar-refractivity contribution in [3.8, 4) is 0 Å². The van der Waals surface area contributed by atoms with Crippen molar-refractivity contribution in [2.24, 2.45) is 0 Å². The summed E-state index contributed by atoms with van der Waals surface area (Å²) in [5.41, 5.74) is 21.4. The summed E-state index contributed by atoms with van der Waals surface area (Å²) < 4.78 is 0. The van der Waals surface area contributed by atoms with Crippen LogP contribution < -0.4 is 15.3 Å². The summed E-state index contributed by atoms with van der Waals surface area (Å²) >= 11 is 0. The third-order valence-corrected chi connectivity index (χ3v) is 12.5. The molecule has 0 aromatic heterocycles. The van der Waals surface area contributed by atoms with Gasteiger partial charge in [-0.2, -0.15) is 0 Å². The largest absolute Gasteiger partial charge is 3.00 e. The van der Waals surface area contributed by atoms with Gasteiger partial charge < -0.3 is 20.2 Å². The number of carbonyl (C=O) groups is 4. The third kappa shape index (κ3) is 17.9. The van der Waals surface area contributed by atoms with Crippen molar-refractivity contribution in [1.29, 1.82) is 0 Å². The molecule has 0 aliphatic carbocycles. The van der Waals surface area contributed by atoms with Gasteiger partial charge in [-0.05, 0) is 226 Å².